The third kappa shape index (κ3) is 5.04. The fourth-order valence-corrected chi connectivity index (χ4v) is 2.21. The average Bonchev–Trinajstić information content (AvgIpc) is 2.33. The van der Waals surface area contributed by atoms with E-state index in [1.54, 1.807) is 0 Å². The highest BCUT2D eigenvalue weighted by Gasteiger charge is 2.34. The number of nitrogens with zero attached hydrogens (tertiary/aromatic N) is 1. The van der Waals surface area contributed by atoms with E-state index in [-0.39, 0.29) is 0 Å². The summed E-state index contributed by atoms with van der Waals surface area (Å²) in [6.07, 6.45) is 2.26. The molecule has 0 spiro atoms. The van der Waals surface area contributed by atoms with Crippen LogP contribution in [-0.2, 0) is 4.79 Å². The smallest absolute Gasteiger partial charge is 0.323 e. The van der Waals surface area contributed by atoms with E-state index in [0.717, 1.165) is 26.1 Å². The summed E-state index contributed by atoms with van der Waals surface area (Å²) in [5, 5.41) is 12.5. The molecule has 0 saturated carbocycles. The molecule has 0 fully saturated rings. The van der Waals surface area contributed by atoms with Crippen molar-refractivity contribution >= 4 is 5.97 Å². The fraction of sp³-hybridized carbons (Fsp3) is 0.923. The van der Waals surface area contributed by atoms with Gasteiger partial charge in [-0.15, -0.1) is 0 Å². The zero-order valence-electron chi connectivity index (χ0n) is 11.8. The van der Waals surface area contributed by atoms with E-state index >= 15 is 0 Å². The number of carbonyl (C=O) groups is 1. The maximum atomic E-state index is 11.4. The van der Waals surface area contributed by atoms with Crippen LogP contribution in [-0.4, -0.2) is 47.7 Å². The van der Waals surface area contributed by atoms with Gasteiger partial charge in [-0.3, -0.25) is 4.79 Å². The lowest BCUT2D eigenvalue weighted by atomic mass is 9.90. The number of rotatable bonds is 10. The van der Waals surface area contributed by atoms with Crippen molar-refractivity contribution in [2.24, 2.45) is 0 Å². The molecule has 0 radical (unpaired) electrons. The molecule has 17 heavy (non-hydrogen) atoms. The minimum absolute atomic E-state index is 0.633. The highest BCUT2D eigenvalue weighted by molar-refractivity contribution is 5.78. The molecule has 0 rings (SSSR count). The van der Waals surface area contributed by atoms with Crippen LogP contribution in [0.15, 0.2) is 0 Å². The van der Waals surface area contributed by atoms with Crippen LogP contribution in [0.5, 0.6) is 0 Å². The van der Waals surface area contributed by atoms with E-state index in [1.807, 2.05) is 13.8 Å². The van der Waals surface area contributed by atoms with Crippen LogP contribution in [0.1, 0.15) is 47.0 Å². The first-order chi connectivity index (χ1) is 8.06. The second kappa shape index (κ2) is 8.48. The van der Waals surface area contributed by atoms with E-state index in [9.17, 15) is 9.90 Å². The SMILES string of the molecule is CCNC(CC)(CCCN(CC)CC)C(=O)O. The number of hydrogen-bond donors (Lipinski definition) is 2. The first-order valence-corrected chi connectivity index (χ1v) is 6.77. The molecule has 0 aliphatic heterocycles. The van der Waals surface area contributed by atoms with Gasteiger partial charge in [0.1, 0.15) is 5.54 Å². The van der Waals surface area contributed by atoms with Crippen molar-refractivity contribution < 1.29 is 9.90 Å². The van der Waals surface area contributed by atoms with E-state index in [4.69, 9.17) is 0 Å². The fourth-order valence-electron chi connectivity index (χ4n) is 2.21. The highest BCUT2D eigenvalue weighted by Crippen LogP contribution is 2.18. The monoisotopic (exact) mass is 244 g/mol. The summed E-state index contributed by atoms with van der Waals surface area (Å²) in [5.74, 6) is -0.721. The topological polar surface area (TPSA) is 52.6 Å². The number of carboxylic acids is 1. The minimum atomic E-state index is -0.734. The average molecular weight is 244 g/mol. The summed E-state index contributed by atoms with van der Waals surface area (Å²) in [7, 11) is 0. The predicted molar refractivity (Wildman–Crippen MR) is 71.4 cm³/mol. The molecular weight excluding hydrogens is 216 g/mol. The summed E-state index contributed by atoms with van der Waals surface area (Å²) in [4.78, 5) is 13.7. The summed E-state index contributed by atoms with van der Waals surface area (Å²) in [5.41, 5.74) is -0.734. The van der Waals surface area contributed by atoms with Gasteiger partial charge in [-0.05, 0) is 45.4 Å². The number of likely N-dealkylation sites (N-methyl/N-ethyl adjacent to an activating group) is 1. The second-order valence-electron chi connectivity index (χ2n) is 4.40. The van der Waals surface area contributed by atoms with Gasteiger partial charge in [-0.25, -0.2) is 0 Å². The quantitative estimate of drug-likeness (QED) is 0.617. The van der Waals surface area contributed by atoms with E-state index in [0.29, 0.717) is 19.4 Å². The summed E-state index contributed by atoms with van der Waals surface area (Å²) >= 11 is 0. The summed E-state index contributed by atoms with van der Waals surface area (Å²) in [6.45, 7) is 11.9. The van der Waals surface area contributed by atoms with Crippen LogP contribution < -0.4 is 5.32 Å². The number of hydrogen-bond acceptors (Lipinski definition) is 3. The van der Waals surface area contributed by atoms with Crippen molar-refractivity contribution in [3.05, 3.63) is 0 Å². The Balaban J connectivity index is 4.30. The molecule has 2 N–H and O–H groups in total. The van der Waals surface area contributed by atoms with E-state index in [2.05, 4.69) is 24.1 Å². The molecular formula is C13H28N2O2. The van der Waals surface area contributed by atoms with Crippen LogP contribution in [0.4, 0.5) is 0 Å². The Morgan fingerprint density at radius 1 is 1.24 bits per heavy atom. The molecule has 4 nitrogen and oxygen atoms in total. The van der Waals surface area contributed by atoms with Gasteiger partial charge in [0.25, 0.3) is 0 Å². The van der Waals surface area contributed by atoms with Crippen LogP contribution >= 0.6 is 0 Å². The van der Waals surface area contributed by atoms with Crippen LogP contribution in [0.3, 0.4) is 0 Å². The Bertz CT molecular complexity index is 217. The van der Waals surface area contributed by atoms with E-state index < -0.39 is 11.5 Å². The van der Waals surface area contributed by atoms with Crippen molar-refractivity contribution in [1.29, 1.82) is 0 Å². The standard InChI is InChI=1S/C13H28N2O2/c1-5-13(12(16)17,14-6-2)10-9-11-15(7-3)8-4/h14H,5-11H2,1-4H3,(H,16,17). The third-order valence-corrected chi connectivity index (χ3v) is 3.50. The lowest BCUT2D eigenvalue weighted by molar-refractivity contribution is -0.145. The zero-order chi connectivity index (χ0) is 13.3. The van der Waals surface area contributed by atoms with Crippen LogP contribution in [0, 0.1) is 0 Å². The second-order valence-corrected chi connectivity index (χ2v) is 4.40. The number of carboxylic acid groups (broad SMARTS) is 1. The molecule has 1 unspecified atom stereocenters. The molecule has 0 aromatic rings. The van der Waals surface area contributed by atoms with Crippen LogP contribution in [0.25, 0.3) is 0 Å². The predicted octanol–water partition coefficient (Wildman–Crippen LogP) is 1.95. The molecule has 0 aromatic carbocycles. The van der Waals surface area contributed by atoms with Gasteiger partial charge in [0.2, 0.25) is 0 Å². The minimum Gasteiger partial charge on any atom is -0.480 e. The number of aliphatic carboxylic acids is 1. The van der Waals surface area contributed by atoms with E-state index in [1.165, 1.54) is 0 Å². The Morgan fingerprint density at radius 3 is 2.18 bits per heavy atom. The maximum Gasteiger partial charge on any atom is 0.323 e. The van der Waals surface area contributed by atoms with Crippen molar-refractivity contribution in [3.8, 4) is 0 Å². The normalized spacial score (nSPS) is 14.9. The Morgan fingerprint density at radius 2 is 1.82 bits per heavy atom. The first kappa shape index (κ1) is 16.4. The van der Waals surface area contributed by atoms with Crippen molar-refractivity contribution in [2.75, 3.05) is 26.2 Å². The van der Waals surface area contributed by atoms with Gasteiger partial charge < -0.3 is 15.3 Å². The van der Waals surface area contributed by atoms with Gasteiger partial charge in [0.15, 0.2) is 0 Å². The molecule has 0 saturated heterocycles. The molecule has 0 heterocycles. The Hall–Kier alpha value is -0.610. The molecule has 0 aliphatic carbocycles. The van der Waals surface area contributed by atoms with Gasteiger partial charge in [-0.2, -0.15) is 0 Å². The van der Waals surface area contributed by atoms with Gasteiger partial charge in [-0.1, -0.05) is 27.7 Å². The summed E-state index contributed by atoms with van der Waals surface area (Å²) in [6, 6.07) is 0. The highest BCUT2D eigenvalue weighted by atomic mass is 16.4. The van der Waals surface area contributed by atoms with Crippen molar-refractivity contribution in [2.45, 2.75) is 52.5 Å². The molecule has 4 heteroatoms. The molecule has 0 aliphatic rings. The molecule has 102 valence electrons. The van der Waals surface area contributed by atoms with Crippen molar-refractivity contribution in [3.63, 3.8) is 0 Å². The lowest BCUT2D eigenvalue weighted by Crippen LogP contribution is -2.51. The summed E-state index contributed by atoms with van der Waals surface area (Å²) < 4.78 is 0. The largest absolute Gasteiger partial charge is 0.480 e. The van der Waals surface area contributed by atoms with Gasteiger partial charge >= 0.3 is 5.97 Å². The third-order valence-electron chi connectivity index (χ3n) is 3.50. The zero-order valence-corrected chi connectivity index (χ0v) is 11.8. The molecule has 0 bridgehead atoms. The molecule has 0 amide bonds. The first-order valence-electron chi connectivity index (χ1n) is 6.77. The lowest BCUT2D eigenvalue weighted by Gasteiger charge is -2.30. The molecule has 1 atom stereocenters. The van der Waals surface area contributed by atoms with Gasteiger partial charge in [0, 0.05) is 0 Å². The Kier molecular flexibility index (Phi) is 8.17. The van der Waals surface area contributed by atoms with Crippen molar-refractivity contribution in [1.82, 2.24) is 10.2 Å². The Labute approximate surface area is 105 Å². The van der Waals surface area contributed by atoms with Crippen LogP contribution in [0.2, 0.25) is 0 Å². The maximum absolute atomic E-state index is 11.4. The number of nitrogens with one attached hydrogen (secondary N) is 1. The molecule has 0 aromatic heterocycles. The van der Waals surface area contributed by atoms with Gasteiger partial charge in [0.05, 0.1) is 0 Å².